The molecule has 0 aromatic heterocycles. The van der Waals surface area contributed by atoms with Crippen LogP contribution in [0.4, 0.5) is 0 Å². The van der Waals surface area contributed by atoms with Crippen LogP contribution in [-0.2, 0) is 14.3 Å². The molecular weight excluding hydrogens is 959 g/mol. The predicted molar refractivity (Wildman–Crippen MR) is 343 cm³/mol. The van der Waals surface area contributed by atoms with Crippen LogP contribution < -0.4 is 5.32 Å². The number of carbonyl (C=O) groups is 2. The molecule has 0 spiro atoms. The van der Waals surface area contributed by atoms with E-state index in [2.05, 4.69) is 43.5 Å². The van der Waals surface area contributed by atoms with Gasteiger partial charge in [0.05, 0.1) is 25.4 Å². The lowest BCUT2D eigenvalue weighted by atomic mass is 10.0. The number of allylic oxidation sites excluding steroid dienone is 5. The molecule has 0 radical (unpaired) electrons. The summed E-state index contributed by atoms with van der Waals surface area (Å²) in [5, 5.41) is 23.2. The van der Waals surface area contributed by atoms with Crippen molar-refractivity contribution in [1.82, 2.24) is 5.32 Å². The minimum absolute atomic E-state index is 0.0110. The Morgan fingerprint density at radius 1 is 0.359 bits per heavy atom. The standard InChI is InChI=1S/C72H137NO5/c1-3-5-7-9-11-13-15-17-19-33-38-42-46-50-54-58-62-66-72(77)78-67-63-59-55-51-47-43-39-35-32-30-28-26-24-22-21-23-25-27-29-31-34-37-41-45-49-53-57-61-65-71(76)73-69(68-74)70(75)64-60-56-52-48-44-40-36-20-18-16-14-12-10-8-6-4-2/h11,13,17,19,60,64,69-70,74-75H,3-10,12,14-16,18,20-59,61-63,65-68H2,1-2H3,(H,73,76)/b13-11-,19-17-,64-60+. The first-order chi connectivity index (χ1) is 38.5. The highest BCUT2D eigenvalue weighted by molar-refractivity contribution is 5.76. The number of unbranched alkanes of at least 4 members (excludes halogenated alkanes) is 51. The Kier molecular flexibility index (Phi) is 65.9. The molecule has 0 aliphatic carbocycles. The largest absolute Gasteiger partial charge is 0.466 e. The SMILES string of the molecule is CCCCC/C=C\C/C=C\CCCCCCCCCC(=O)OCCCCCCCCCCCCCCCCCCCCCCCCCCCCCCC(=O)NC(CO)C(O)/C=C/CCCCCCCCCCCCCCCC. The van der Waals surface area contributed by atoms with Crippen LogP contribution in [0.1, 0.15) is 386 Å². The number of nitrogens with one attached hydrogen (secondary N) is 1. The van der Waals surface area contributed by atoms with Crippen LogP contribution in [0.3, 0.4) is 0 Å². The summed E-state index contributed by atoms with van der Waals surface area (Å²) < 4.78 is 5.50. The number of aliphatic hydroxyl groups is 2. The molecular formula is C72H137NO5. The molecule has 3 N–H and O–H groups in total. The third kappa shape index (κ3) is 63.3. The number of rotatable bonds is 66. The molecule has 0 aromatic rings. The van der Waals surface area contributed by atoms with Crippen molar-refractivity contribution in [3.05, 3.63) is 36.5 Å². The maximum atomic E-state index is 12.5. The summed E-state index contributed by atoms with van der Waals surface area (Å²) in [7, 11) is 0. The summed E-state index contributed by atoms with van der Waals surface area (Å²) in [5.41, 5.74) is 0. The van der Waals surface area contributed by atoms with Gasteiger partial charge >= 0.3 is 5.97 Å². The second kappa shape index (κ2) is 67.6. The lowest BCUT2D eigenvalue weighted by Gasteiger charge is -2.20. The molecule has 2 atom stereocenters. The lowest BCUT2D eigenvalue weighted by Crippen LogP contribution is -2.45. The zero-order valence-corrected chi connectivity index (χ0v) is 52.7. The van der Waals surface area contributed by atoms with E-state index in [1.54, 1.807) is 6.08 Å². The molecule has 6 heteroatoms. The van der Waals surface area contributed by atoms with Crippen LogP contribution in [-0.4, -0.2) is 47.4 Å². The molecule has 0 bridgehead atoms. The summed E-state index contributed by atoms with van der Waals surface area (Å²) in [5.74, 6) is -0.0514. The Morgan fingerprint density at radius 3 is 1.00 bits per heavy atom. The number of aliphatic hydroxyl groups excluding tert-OH is 2. The van der Waals surface area contributed by atoms with E-state index in [1.165, 1.54) is 308 Å². The Labute approximate surface area is 487 Å². The predicted octanol–water partition coefficient (Wildman–Crippen LogP) is 22.7. The van der Waals surface area contributed by atoms with Crippen molar-refractivity contribution in [2.24, 2.45) is 0 Å². The second-order valence-electron chi connectivity index (χ2n) is 24.2. The Balaban J connectivity index is 3.35. The molecule has 0 saturated carbocycles. The number of esters is 1. The fourth-order valence-corrected chi connectivity index (χ4v) is 11.0. The van der Waals surface area contributed by atoms with Crippen molar-refractivity contribution < 1.29 is 24.5 Å². The highest BCUT2D eigenvalue weighted by atomic mass is 16.5. The monoisotopic (exact) mass is 1100 g/mol. The average Bonchev–Trinajstić information content (AvgIpc) is 3.44. The number of hydrogen-bond donors (Lipinski definition) is 3. The fraction of sp³-hybridized carbons (Fsp3) is 0.889. The van der Waals surface area contributed by atoms with Crippen LogP contribution in [0.5, 0.6) is 0 Å². The summed E-state index contributed by atoms with van der Waals surface area (Å²) in [4.78, 5) is 24.6. The van der Waals surface area contributed by atoms with Gasteiger partial charge in [-0.05, 0) is 64.2 Å². The Hall–Kier alpha value is -1.92. The van der Waals surface area contributed by atoms with Gasteiger partial charge in [0.15, 0.2) is 0 Å². The third-order valence-corrected chi connectivity index (χ3v) is 16.4. The number of hydrogen-bond acceptors (Lipinski definition) is 5. The van der Waals surface area contributed by atoms with Gasteiger partial charge in [-0.15, -0.1) is 0 Å². The van der Waals surface area contributed by atoms with Gasteiger partial charge in [0.2, 0.25) is 5.91 Å². The first kappa shape index (κ1) is 76.1. The molecule has 1 amide bonds. The molecule has 0 saturated heterocycles. The average molecular weight is 1100 g/mol. The Bertz CT molecular complexity index is 1260. The summed E-state index contributed by atoms with van der Waals surface area (Å²) in [6.07, 6.45) is 86.5. The molecule has 0 aromatic carbocycles. The van der Waals surface area contributed by atoms with Crippen molar-refractivity contribution >= 4 is 11.9 Å². The maximum absolute atomic E-state index is 12.5. The zero-order valence-electron chi connectivity index (χ0n) is 52.7. The summed E-state index contributed by atoms with van der Waals surface area (Å²) in [6, 6.07) is -0.626. The molecule has 0 aliphatic rings. The van der Waals surface area contributed by atoms with Crippen molar-refractivity contribution in [1.29, 1.82) is 0 Å². The van der Waals surface area contributed by atoms with Gasteiger partial charge in [-0.25, -0.2) is 0 Å². The van der Waals surface area contributed by atoms with E-state index in [0.717, 1.165) is 51.4 Å². The van der Waals surface area contributed by atoms with Gasteiger partial charge in [-0.2, -0.15) is 0 Å². The molecule has 78 heavy (non-hydrogen) atoms. The van der Waals surface area contributed by atoms with Crippen molar-refractivity contribution in [2.75, 3.05) is 13.2 Å². The van der Waals surface area contributed by atoms with Crippen LogP contribution in [0.15, 0.2) is 36.5 Å². The first-order valence-electron chi connectivity index (χ1n) is 35.3. The minimum atomic E-state index is -0.842. The van der Waals surface area contributed by atoms with Crippen molar-refractivity contribution in [3.63, 3.8) is 0 Å². The summed E-state index contributed by atoms with van der Waals surface area (Å²) in [6.45, 7) is 4.91. The van der Waals surface area contributed by atoms with Crippen molar-refractivity contribution in [2.45, 2.75) is 398 Å². The third-order valence-electron chi connectivity index (χ3n) is 16.4. The molecule has 2 unspecified atom stereocenters. The molecule has 6 nitrogen and oxygen atoms in total. The number of carbonyl (C=O) groups excluding carboxylic acids is 2. The van der Waals surface area contributed by atoms with E-state index in [1.807, 2.05) is 6.08 Å². The van der Waals surface area contributed by atoms with E-state index in [9.17, 15) is 19.8 Å². The summed E-state index contributed by atoms with van der Waals surface area (Å²) >= 11 is 0. The highest BCUT2D eigenvalue weighted by Crippen LogP contribution is 2.19. The van der Waals surface area contributed by atoms with Gasteiger partial charge in [-0.3, -0.25) is 9.59 Å². The fourth-order valence-electron chi connectivity index (χ4n) is 11.0. The number of ether oxygens (including phenoxy) is 1. The number of amides is 1. The Morgan fingerprint density at radius 2 is 0.641 bits per heavy atom. The zero-order chi connectivity index (χ0) is 56.4. The molecule has 0 fully saturated rings. The molecule has 0 aliphatic heterocycles. The normalized spacial score (nSPS) is 12.7. The molecule has 0 heterocycles. The van der Waals surface area contributed by atoms with Crippen LogP contribution in [0.25, 0.3) is 0 Å². The van der Waals surface area contributed by atoms with Gasteiger partial charge in [0.25, 0.3) is 0 Å². The van der Waals surface area contributed by atoms with E-state index in [4.69, 9.17) is 4.74 Å². The topological polar surface area (TPSA) is 95.9 Å². The minimum Gasteiger partial charge on any atom is -0.466 e. The van der Waals surface area contributed by atoms with Gasteiger partial charge in [0.1, 0.15) is 0 Å². The maximum Gasteiger partial charge on any atom is 0.305 e. The quantitative estimate of drug-likeness (QED) is 0.0320. The van der Waals surface area contributed by atoms with E-state index >= 15 is 0 Å². The molecule has 460 valence electrons. The van der Waals surface area contributed by atoms with Crippen molar-refractivity contribution in [3.8, 4) is 0 Å². The highest BCUT2D eigenvalue weighted by Gasteiger charge is 2.18. The smallest absolute Gasteiger partial charge is 0.305 e. The van der Waals surface area contributed by atoms with Crippen LogP contribution in [0, 0.1) is 0 Å². The van der Waals surface area contributed by atoms with Gasteiger partial charge < -0.3 is 20.3 Å². The van der Waals surface area contributed by atoms with Gasteiger partial charge in [0, 0.05) is 12.8 Å². The van der Waals surface area contributed by atoms with E-state index in [0.29, 0.717) is 19.4 Å². The second-order valence-corrected chi connectivity index (χ2v) is 24.2. The molecule has 0 rings (SSSR count). The van der Waals surface area contributed by atoms with E-state index in [-0.39, 0.29) is 18.5 Å². The van der Waals surface area contributed by atoms with Crippen LogP contribution >= 0.6 is 0 Å². The van der Waals surface area contributed by atoms with Crippen LogP contribution in [0.2, 0.25) is 0 Å². The van der Waals surface area contributed by atoms with Gasteiger partial charge in [-0.1, -0.05) is 346 Å². The lowest BCUT2D eigenvalue weighted by molar-refractivity contribution is -0.143. The van der Waals surface area contributed by atoms with E-state index < -0.39 is 12.1 Å². The first-order valence-corrected chi connectivity index (χ1v) is 35.3.